The number of hydrogen-bond donors (Lipinski definition) is 3. The van der Waals surface area contributed by atoms with Gasteiger partial charge >= 0.3 is 12.1 Å². The van der Waals surface area contributed by atoms with Gasteiger partial charge in [0.15, 0.2) is 0 Å². The number of ether oxygens (including phenoxy) is 1. The molecule has 2 atom stereocenters. The summed E-state index contributed by atoms with van der Waals surface area (Å²) in [5.74, 6) is -0.919. The summed E-state index contributed by atoms with van der Waals surface area (Å²) in [4.78, 5) is 20.9. The maximum Gasteiger partial charge on any atom is 0.407 e. The van der Waals surface area contributed by atoms with Gasteiger partial charge in [-0.3, -0.25) is 4.79 Å². The minimum Gasteiger partial charge on any atom is -0.480 e. The number of carbonyl (C=O) groups is 2. The Morgan fingerprint density at radius 2 is 2.62 bits per heavy atom. The molecule has 0 aliphatic carbocycles. The van der Waals surface area contributed by atoms with E-state index in [9.17, 15) is 9.59 Å². The molecule has 13 heavy (non-hydrogen) atoms. The van der Waals surface area contributed by atoms with Crippen LogP contribution in [0.25, 0.3) is 0 Å². The molecule has 1 saturated heterocycles. The molecule has 6 heteroatoms. The fraction of sp³-hybridized carbons (Fsp3) is 0.714. The van der Waals surface area contributed by atoms with E-state index in [-0.39, 0.29) is 6.10 Å². The third kappa shape index (κ3) is 2.90. The van der Waals surface area contributed by atoms with Gasteiger partial charge < -0.3 is 20.5 Å². The topological polar surface area (TPSA) is 87.7 Å². The molecule has 0 saturated carbocycles. The molecule has 1 aliphatic heterocycles. The highest BCUT2D eigenvalue weighted by Gasteiger charge is 2.23. The number of carboxylic acid groups (broad SMARTS) is 1. The summed E-state index contributed by atoms with van der Waals surface area (Å²) in [6.07, 6.45) is -0.718. The second-order valence-electron chi connectivity index (χ2n) is 2.88. The highest BCUT2D eigenvalue weighted by atomic mass is 16.6. The summed E-state index contributed by atoms with van der Waals surface area (Å²) in [7, 11) is 0. The van der Waals surface area contributed by atoms with Crippen LogP contribution in [0.2, 0.25) is 0 Å². The summed E-state index contributed by atoms with van der Waals surface area (Å²) in [5, 5.41) is 13.7. The van der Waals surface area contributed by atoms with E-state index in [2.05, 4.69) is 10.6 Å². The summed E-state index contributed by atoms with van der Waals surface area (Å²) in [6.45, 7) is 2.32. The highest BCUT2D eigenvalue weighted by Crippen LogP contribution is 1.98. The lowest BCUT2D eigenvalue weighted by molar-refractivity contribution is -0.139. The Morgan fingerprint density at radius 1 is 1.92 bits per heavy atom. The molecule has 0 bridgehead atoms. The van der Waals surface area contributed by atoms with Crippen molar-refractivity contribution in [3.63, 3.8) is 0 Å². The largest absolute Gasteiger partial charge is 0.480 e. The zero-order valence-corrected chi connectivity index (χ0v) is 7.24. The van der Waals surface area contributed by atoms with Gasteiger partial charge in [0.05, 0.1) is 6.54 Å². The number of alkyl carbamates (subject to hydrolysis) is 1. The molecule has 1 rings (SSSR count). The first-order valence-corrected chi connectivity index (χ1v) is 4.00. The number of carboxylic acids is 1. The molecule has 0 aromatic rings. The van der Waals surface area contributed by atoms with Gasteiger partial charge in [-0.15, -0.1) is 0 Å². The van der Waals surface area contributed by atoms with Crippen LogP contribution in [0, 0.1) is 0 Å². The first-order chi connectivity index (χ1) is 6.09. The summed E-state index contributed by atoms with van der Waals surface area (Å²) < 4.78 is 4.79. The normalized spacial score (nSPS) is 23.5. The lowest BCUT2D eigenvalue weighted by atomic mass is 10.3. The molecule has 3 N–H and O–H groups in total. The first kappa shape index (κ1) is 9.79. The zero-order valence-electron chi connectivity index (χ0n) is 7.24. The van der Waals surface area contributed by atoms with E-state index in [0.717, 1.165) is 0 Å². The molecule has 0 spiro atoms. The Balaban J connectivity index is 2.19. The van der Waals surface area contributed by atoms with E-state index in [1.807, 2.05) is 0 Å². The zero-order chi connectivity index (χ0) is 9.84. The number of amides is 1. The molecular formula is C7H12N2O4. The van der Waals surface area contributed by atoms with E-state index in [1.165, 1.54) is 6.92 Å². The molecular weight excluding hydrogens is 176 g/mol. The number of carbonyl (C=O) groups excluding carboxylic acids is 1. The number of aliphatic carboxylic acids is 1. The van der Waals surface area contributed by atoms with Crippen molar-refractivity contribution in [1.29, 1.82) is 0 Å². The molecule has 6 nitrogen and oxygen atoms in total. The van der Waals surface area contributed by atoms with Crippen molar-refractivity contribution >= 4 is 12.1 Å². The minimum atomic E-state index is -0.919. The fourth-order valence-corrected chi connectivity index (χ4v) is 0.941. The van der Waals surface area contributed by atoms with Gasteiger partial charge in [0.25, 0.3) is 0 Å². The molecule has 1 heterocycles. The van der Waals surface area contributed by atoms with Crippen molar-refractivity contribution in [1.82, 2.24) is 10.6 Å². The Bertz CT molecular complexity index is 219. The van der Waals surface area contributed by atoms with E-state index >= 15 is 0 Å². The monoisotopic (exact) mass is 188 g/mol. The SMILES string of the molecule is CC(NCC1CNC(=O)O1)C(=O)O. The molecule has 0 radical (unpaired) electrons. The maximum atomic E-state index is 10.6. The van der Waals surface area contributed by atoms with Gasteiger partial charge in [-0.25, -0.2) is 4.79 Å². The van der Waals surface area contributed by atoms with E-state index in [0.29, 0.717) is 13.1 Å². The Labute approximate surface area is 75.3 Å². The van der Waals surface area contributed by atoms with Crippen LogP contribution in [0.15, 0.2) is 0 Å². The van der Waals surface area contributed by atoms with Crippen molar-refractivity contribution in [2.24, 2.45) is 0 Å². The fourth-order valence-electron chi connectivity index (χ4n) is 0.941. The summed E-state index contributed by atoms with van der Waals surface area (Å²) >= 11 is 0. The predicted octanol–water partition coefficient (Wildman–Crippen LogP) is -0.842. The minimum absolute atomic E-state index is 0.269. The maximum absolute atomic E-state index is 10.6. The summed E-state index contributed by atoms with van der Waals surface area (Å²) in [6, 6.07) is -0.626. The Morgan fingerprint density at radius 3 is 3.08 bits per heavy atom. The molecule has 74 valence electrons. The second-order valence-corrected chi connectivity index (χ2v) is 2.88. The number of cyclic esters (lactones) is 1. The second kappa shape index (κ2) is 4.08. The van der Waals surface area contributed by atoms with Gasteiger partial charge in [-0.05, 0) is 6.92 Å². The lowest BCUT2D eigenvalue weighted by Crippen LogP contribution is -2.39. The molecule has 1 amide bonds. The predicted molar refractivity (Wildman–Crippen MR) is 43.4 cm³/mol. The van der Waals surface area contributed by atoms with E-state index < -0.39 is 18.1 Å². The van der Waals surface area contributed by atoms with Crippen LogP contribution >= 0.6 is 0 Å². The third-order valence-corrected chi connectivity index (χ3v) is 1.77. The smallest absolute Gasteiger partial charge is 0.407 e. The standard InChI is InChI=1S/C7H12N2O4/c1-4(6(10)11)8-2-5-3-9-7(12)13-5/h4-5,8H,2-3H2,1H3,(H,9,12)(H,10,11). The van der Waals surface area contributed by atoms with Crippen LogP contribution in [-0.4, -0.2) is 42.4 Å². The average molecular weight is 188 g/mol. The van der Waals surface area contributed by atoms with Crippen molar-refractivity contribution in [3.05, 3.63) is 0 Å². The first-order valence-electron chi connectivity index (χ1n) is 4.00. The van der Waals surface area contributed by atoms with Gasteiger partial charge in [-0.2, -0.15) is 0 Å². The molecule has 0 aromatic carbocycles. The third-order valence-electron chi connectivity index (χ3n) is 1.77. The van der Waals surface area contributed by atoms with Crippen molar-refractivity contribution < 1.29 is 19.4 Å². The Hall–Kier alpha value is -1.30. The van der Waals surface area contributed by atoms with Gasteiger partial charge in [-0.1, -0.05) is 0 Å². The highest BCUT2D eigenvalue weighted by molar-refractivity contribution is 5.73. The Kier molecular flexibility index (Phi) is 3.07. The molecule has 1 aliphatic rings. The number of rotatable bonds is 4. The quantitative estimate of drug-likeness (QED) is 0.535. The van der Waals surface area contributed by atoms with Crippen LogP contribution in [0.3, 0.4) is 0 Å². The lowest BCUT2D eigenvalue weighted by Gasteiger charge is -2.11. The molecule has 0 aromatic heterocycles. The number of hydrogen-bond acceptors (Lipinski definition) is 4. The van der Waals surface area contributed by atoms with Crippen LogP contribution in [0.5, 0.6) is 0 Å². The molecule has 2 unspecified atom stereocenters. The molecule has 1 fully saturated rings. The van der Waals surface area contributed by atoms with Crippen LogP contribution in [-0.2, 0) is 9.53 Å². The van der Waals surface area contributed by atoms with Crippen molar-refractivity contribution in [2.75, 3.05) is 13.1 Å². The van der Waals surface area contributed by atoms with Gasteiger partial charge in [0.1, 0.15) is 12.1 Å². The average Bonchev–Trinajstić information content (AvgIpc) is 2.47. The van der Waals surface area contributed by atoms with Gasteiger partial charge in [0.2, 0.25) is 0 Å². The summed E-state index contributed by atoms with van der Waals surface area (Å²) in [5.41, 5.74) is 0. The van der Waals surface area contributed by atoms with Crippen molar-refractivity contribution in [2.45, 2.75) is 19.1 Å². The van der Waals surface area contributed by atoms with E-state index in [4.69, 9.17) is 9.84 Å². The van der Waals surface area contributed by atoms with Crippen LogP contribution in [0.1, 0.15) is 6.92 Å². The number of nitrogens with one attached hydrogen (secondary N) is 2. The van der Waals surface area contributed by atoms with Gasteiger partial charge in [0, 0.05) is 6.54 Å². The van der Waals surface area contributed by atoms with Crippen LogP contribution < -0.4 is 10.6 Å². The van der Waals surface area contributed by atoms with E-state index in [1.54, 1.807) is 0 Å². The van der Waals surface area contributed by atoms with Crippen molar-refractivity contribution in [3.8, 4) is 0 Å². The van der Waals surface area contributed by atoms with Crippen LogP contribution in [0.4, 0.5) is 4.79 Å².